The van der Waals surface area contributed by atoms with Crippen LogP contribution in [0.2, 0.25) is 0 Å². The van der Waals surface area contributed by atoms with Crippen molar-refractivity contribution >= 4 is 0 Å². The highest BCUT2D eigenvalue weighted by Gasteiger charge is 2.26. The van der Waals surface area contributed by atoms with Crippen LogP contribution in [0.3, 0.4) is 0 Å². The highest BCUT2D eigenvalue weighted by Crippen LogP contribution is 2.33. The van der Waals surface area contributed by atoms with Crippen molar-refractivity contribution in [2.24, 2.45) is 17.6 Å². The maximum atomic E-state index is 10.5. The van der Waals surface area contributed by atoms with Crippen LogP contribution < -0.4 is 5.73 Å². The van der Waals surface area contributed by atoms with Crippen LogP contribution in [-0.4, -0.2) is 11.7 Å². The Kier molecular flexibility index (Phi) is 4.78. The van der Waals surface area contributed by atoms with E-state index in [1.54, 1.807) is 0 Å². The lowest BCUT2D eigenvalue weighted by Gasteiger charge is -2.23. The van der Waals surface area contributed by atoms with Gasteiger partial charge in [0.05, 0.1) is 6.10 Å². The monoisotopic (exact) mass is 239 g/mol. The summed E-state index contributed by atoms with van der Waals surface area (Å²) < 4.78 is 5.57. The summed E-state index contributed by atoms with van der Waals surface area (Å²) in [6, 6.07) is 0. The van der Waals surface area contributed by atoms with E-state index in [1.165, 1.54) is 0 Å². The lowest BCUT2D eigenvalue weighted by atomic mass is 9.87. The van der Waals surface area contributed by atoms with Crippen LogP contribution in [0.15, 0.2) is 4.42 Å². The molecule has 2 atom stereocenters. The molecule has 1 aromatic heterocycles. The second-order valence-electron chi connectivity index (χ2n) is 5.32. The molecule has 3 N–H and O–H groups in total. The molecule has 0 saturated carbocycles. The van der Waals surface area contributed by atoms with Gasteiger partial charge in [-0.25, -0.2) is 0 Å². The van der Waals surface area contributed by atoms with E-state index in [9.17, 15) is 5.11 Å². The Bertz CT molecular complexity index is 369. The maximum Gasteiger partial charge on any atom is 0.107 e. The predicted molar refractivity (Wildman–Crippen MR) is 69.9 cm³/mol. The molecule has 17 heavy (non-hydrogen) atoms. The highest BCUT2D eigenvalue weighted by atomic mass is 16.3. The van der Waals surface area contributed by atoms with E-state index in [0.717, 1.165) is 29.1 Å². The van der Waals surface area contributed by atoms with Gasteiger partial charge in [-0.15, -0.1) is 0 Å². The van der Waals surface area contributed by atoms with E-state index in [0.29, 0.717) is 12.5 Å². The molecule has 0 radical (unpaired) electrons. The fourth-order valence-corrected chi connectivity index (χ4v) is 2.44. The van der Waals surface area contributed by atoms with Gasteiger partial charge in [-0.05, 0) is 45.2 Å². The average molecular weight is 239 g/mol. The zero-order valence-corrected chi connectivity index (χ0v) is 11.6. The number of hydrogen-bond acceptors (Lipinski definition) is 3. The molecule has 98 valence electrons. The quantitative estimate of drug-likeness (QED) is 0.830. The van der Waals surface area contributed by atoms with Gasteiger partial charge < -0.3 is 15.3 Å². The van der Waals surface area contributed by atoms with E-state index in [4.69, 9.17) is 10.2 Å². The number of hydrogen-bond donors (Lipinski definition) is 2. The standard InChI is InChI=1S/C14H25NO2/c1-8(2)6-12(7-15)14(16)13-9(3)10(4)17-11(13)5/h8,12,14,16H,6-7,15H2,1-5H3. The van der Waals surface area contributed by atoms with Gasteiger partial charge in [-0.2, -0.15) is 0 Å². The third kappa shape index (κ3) is 3.11. The van der Waals surface area contributed by atoms with Crippen molar-refractivity contribution in [3.05, 3.63) is 22.6 Å². The summed E-state index contributed by atoms with van der Waals surface area (Å²) in [5.74, 6) is 2.34. The Morgan fingerprint density at radius 1 is 1.18 bits per heavy atom. The van der Waals surface area contributed by atoms with Crippen LogP contribution in [0.1, 0.15) is 49.0 Å². The Hall–Kier alpha value is -0.800. The zero-order valence-electron chi connectivity index (χ0n) is 11.6. The molecular formula is C14H25NO2. The molecule has 0 aliphatic heterocycles. The van der Waals surface area contributed by atoms with Crippen LogP contribution in [0.5, 0.6) is 0 Å². The molecule has 3 nitrogen and oxygen atoms in total. The second kappa shape index (κ2) is 5.69. The van der Waals surface area contributed by atoms with E-state index in [1.807, 2.05) is 20.8 Å². The highest BCUT2D eigenvalue weighted by molar-refractivity contribution is 5.33. The number of aliphatic hydroxyl groups excluding tert-OH is 1. The maximum absolute atomic E-state index is 10.5. The van der Waals surface area contributed by atoms with Crippen LogP contribution in [0.25, 0.3) is 0 Å². The molecule has 0 saturated heterocycles. The van der Waals surface area contributed by atoms with Crippen LogP contribution >= 0.6 is 0 Å². The zero-order chi connectivity index (χ0) is 13.2. The van der Waals surface area contributed by atoms with Crippen LogP contribution in [-0.2, 0) is 0 Å². The summed E-state index contributed by atoms with van der Waals surface area (Å²) in [6.45, 7) is 10.6. The summed E-state index contributed by atoms with van der Waals surface area (Å²) in [5.41, 5.74) is 7.76. The topological polar surface area (TPSA) is 59.4 Å². The molecule has 0 fully saturated rings. The first-order chi connectivity index (χ1) is 7.88. The normalized spacial score (nSPS) is 15.3. The summed E-state index contributed by atoms with van der Waals surface area (Å²) >= 11 is 0. The Morgan fingerprint density at radius 2 is 1.76 bits per heavy atom. The van der Waals surface area contributed by atoms with E-state index < -0.39 is 6.10 Å². The van der Waals surface area contributed by atoms with E-state index in [-0.39, 0.29) is 5.92 Å². The third-order valence-corrected chi connectivity index (χ3v) is 3.44. The fraction of sp³-hybridized carbons (Fsp3) is 0.714. The number of furan rings is 1. The Labute approximate surface area is 104 Å². The number of nitrogens with two attached hydrogens (primary N) is 1. The average Bonchev–Trinajstić information content (AvgIpc) is 2.48. The van der Waals surface area contributed by atoms with Crippen molar-refractivity contribution in [1.29, 1.82) is 0 Å². The minimum absolute atomic E-state index is 0.101. The van der Waals surface area contributed by atoms with E-state index >= 15 is 0 Å². The SMILES string of the molecule is Cc1oc(C)c(C(O)C(CN)CC(C)C)c1C. The molecule has 0 amide bonds. The van der Waals surface area contributed by atoms with Gasteiger partial charge in [0, 0.05) is 11.5 Å². The minimum Gasteiger partial charge on any atom is -0.466 e. The second-order valence-corrected chi connectivity index (χ2v) is 5.32. The lowest BCUT2D eigenvalue weighted by Crippen LogP contribution is -2.24. The van der Waals surface area contributed by atoms with Gasteiger partial charge in [-0.1, -0.05) is 13.8 Å². The first-order valence-electron chi connectivity index (χ1n) is 6.33. The first kappa shape index (κ1) is 14.3. The molecule has 0 bridgehead atoms. The van der Waals surface area contributed by atoms with Gasteiger partial charge in [0.1, 0.15) is 11.5 Å². The van der Waals surface area contributed by atoms with Crippen molar-refractivity contribution in [2.75, 3.05) is 6.54 Å². The van der Waals surface area contributed by atoms with Gasteiger partial charge in [-0.3, -0.25) is 0 Å². The predicted octanol–water partition coefficient (Wildman–Crippen LogP) is 2.86. The summed E-state index contributed by atoms with van der Waals surface area (Å²) in [4.78, 5) is 0. The van der Waals surface area contributed by atoms with Gasteiger partial charge >= 0.3 is 0 Å². The van der Waals surface area contributed by atoms with Crippen molar-refractivity contribution in [1.82, 2.24) is 0 Å². The Morgan fingerprint density at radius 3 is 2.12 bits per heavy atom. The molecule has 1 rings (SSSR count). The molecule has 2 unspecified atom stereocenters. The third-order valence-electron chi connectivity index (χ3n) is 3.44. The molecule has 1 heterocycles. The van der Waals surface area contributed by atoms with Gasteiger partial charge in [0.15, 0.2) is 0 Å². The van der Waals surface area contributed by atoms with Crippen molar-refractivity contribution in [3.63, 3.8) is 0 Å². The van der Waals surface area contributed by atoms with Gasteiger partial charge in [0.2, 0.25) is 0 Å². The van der Waals surface area contributed by atoms with Crippen LogP contribution in [0.4, 0.5) is 0 Å². The lowest BCUT2D eigenvalue weighted by molar-refractivity contribution is 0.0975. The summed E-state index contributed by atoms with van der Waals surface area (Å²) in [6.07, 6.45) is 0.417. The molecule has 0 aliphatic rings. The molecule has 0 aliphatic carbocycles. The number of rotatable bonds is 5. The molecule has 0 aromatic carbocycles. The summed E-state index contributed by atoms with van der Waals surface area (Å²) in [7, 11) is 0. The summed E-state index contributed by atoms with van der Waals surface area (Å²) in [5, 5.41) is 10.5. The minimum atomic E-state index is -0.514. The molecule has 3 heteroatoms. The fourth-order valence-electron chi connectivity index (χ4n) is 2.44. The number of aliphatic hydroxyl groups is 1. The van der Waals surface area contributed by atoms with Crippen molar-refractivity contribution in [2.45, 2.75) is 47.1 Å². The smallest absolute Gasteiger partial charge is 0.107 e. The Balaban J connectivity index is 2.97. The van der Waals surface area contributed by atoms with Crippen molar-refractivity contribution < 1.29 is 9.52 Å². The largest absolute Gasteiger partial charge is 0.466 e. The molecule has 0 spiro atoms. The molecule has 1 aromatic rings. The van der Waals surface area contributed by atoms with Crippen molar-refractivity contribution in [3.8, 4) is 0 Å². The number of aryl methyl sites for hydroxylation is 2. The first-order valence-corrected chi connectivity index (χ1v) is 6.33. The van der Waals surface area contributed by atoms with Gasteiger partial charge in [0.25, 0.3) is 0 Å². The van der Waals surface area contributed by atoms with Crippen LogP contribution in [0, 0.1) is 32.6 Å². The van der Waals surface area contributed by atoms with E-state index in [2.05, 4.69) is 13.8 Å². The molecular weight excluding hydrogens is 214 g/mol.